The zero-order chi connectivity index (χ0) is 38.4. The second kappa shape index (κ2) is 17.0. The van der Waals surface area contributed by atoms with Gasteiger partial charge in [-0.15, -0.1) is 46.2 Å². The Bertz CT molecular complexity index is 1960. The number of ether oxygens (including phenoxy) is 2. The van der Waals surface area contributed by atoms with E-state index in [4.69, 9.17) is 30.6 Å². The predicted molar refractivity (Wildman–Crippen MR) is 192 cm³/mol. The van der Waals surface area contributed by atoms with Crippen LogP contribution in [0.3, 0.4) is 0 Å². The fourth-order valence-corrected chi connectivity index (χ4v) is 8.27. The summed E-state index contributed by atoms with van der Waals surface area (Å²) in [5.41, 5.74) is 10.8. The van der Waals surface area contributed by atoms with Gasteiger partial charge in [0.1, 0.15) is 55.1 Å². The number of carboxylic acid groups (broad SMARTS) is 1. The molecule has 3 aliphatic rings. The molecule has 0 bridgehead atoms. The number of nitrogens with one attached hydrogen (secondary N) is 3. The first kappa shape index (κ1) is 38.8. The van der Waals surface area contributed by atoms with E-state index in [-0.39, 0.29) is 69.2 Å². The molecule has 5 rings (SSSR count). The van der Waals surface area contributed by atoms with Crippen molar-refractivity contribution < 1.29 is 53.0 Å². The van der Waals surface area contributed by atoms with Crippen LogP contribution in [0.5, 0.6) is 0 Å². The molecule has 25 heteroatoms. The first-order valence-corrected chi connectivity index (χ1v) is 18.8. The zero-order valence-corrected chi connectivity index (χ0v) is 31.0. The number of hydrogen-bond donors (Lipinski definition) is 6. The molecule has 282 valence electrons. The molecule has 2 aromatic heterocycles. The van der Waals surface area contributed by atoms with Crippen LogP contribution in [0.2, 0.25) is 0 Å². The molecular formula is C28H30N10O11S4. The summed E-state index contributed by atoms with van der Waals surface area (Å²) in [5.74, 6) is -5.82. The normalized spacial score (nSPS) is 20.1. The number of nitrogen functional groups attached to an aromatic ring is 2. The van der Waals surface area contributed by atoms with Crippen LogP contribution in [0.1, 0.15) is 18.3 Å². The van der Waals surface area contributed by atoms with Gasteiger partial charge in [-0.05, 0) is 0 Å². The molecule has 1 unspecified atom stereocenters. The number of esters is 2. The van der Waals surface area contributed by atoms with Crippen molar-refractivity contribution in [3.05, 3.63) is 44.9 Å². The number of thiazole rings is 2. The number of nitrogens with two attached hydrogens (primary N) is 2. The first-order valence-electron chi connectivity index (χ1n) is 14.9. The lowest BCUT2D eigenvalue weighted by Gasteiger charge is -2.48. The highest BCUT2D eigenvalue weighted by Crippen LogP contribution is 2.41. The summed E-state index contributed by atoms with van der Waals surface area (Å²) >= 11 is 4.47. The summed E-state index contributed by atoms with van der Waals surface area (Å²) in [6.07, 6.45) is 0. The molecule has 53 heavy (non-hydrogen) atoms. The van der Waals surface area contributed by atoms with E-state index in [1.807, 2.05) is 0 Å². The van der Waals surface area contributed by atoms with Crippen molar-refractivity contribution in [3.8, 4) is 0 Å². The van der Waals surface area contributed by atoms with Crippen LogP contribution in [-0.2, 0) is 47.9 Å². The molecule has 0 aromatic carbocycles. The standard InChI is InChI=1S/C28H30N10O11S4/c1-10(39)48-5-11-6-50-15(4-31-21(40)17(36-46-2)12-7-52-27(29)32-12)34-16(11)26(45)49-14-9-51-24-19(23(42)38(24)20(14)25(43)44)35-22(41)18(37-47-3)13-8-53-28(30)33-13/h7-8,15,19,24,34H,4-6,9H2,1-3H3,(H2,29,32)(H2,30,33)(H,31,40)(H,35,41)(H,43,44)/b36-17-,37-18-/t15?,19-,24-/m1/s1. The highest BCUT2D eigenvalue weighted by Gasteiger charge is 2.55. The van der Waals surface area contributed by atoms with E-state index < -0.39 is 58.1 Å². The molecular weight excluding hydrogens is 781 g/mol. The molecule has 1 fully saturated rings. The Morgan fingerprint density at radius 1 is 1.00 bits per heavy atom. The fraction of sp³-hybridized carbons (Fsp3) is 0.357. The van der Waals surface area contributed by atoms with Gasteiger partial charge >= 0.3 is 17.9 Å². The second-order valence-electron chi connectivity index (χ2n) is 10.6. The van der Waals surface area contributed by atoms with E-state index in [0.717, 1.165) is 39.3 Å². The molecule has 21 nitrogen and oxygen atoms in total. The van der Waals surface area contributed by atoms with E-state index in [1.165, 1.54) is 43.7 Å². The number of rotatable bonds is 14. The van der Waals surface area contributed by atoms with Gasteiger partial charge < -0.3 is 51.7 Å². The number of aromatic nitrogens is 2. The lowest BCUT2D eigenvalue weighted by molar-refractivity contribution is -0.151. The molecule has 3 atom stereocenters. The zero-order valence-electron chi connectivity index (χ0n) is 27.8. The van der Waals surface area contributed by atoms with Crippen molar-refractivity contribution in [2.75, 3.05) is 50.3 Å². The molecule has 5 heterocycles. The number of amides is 3. The van der Waals surface area contributed by atoms with E-state index in [1.54, 1.807) is 0 Å². The predicted octanol–water partition coefficient (Wildman–Crippen LogP) is -1.000. The number of carboxylic acids is 1. The van der Waals surface area contributed by atoms with Crippen molar-refractivity contribution in [3.63, 3.8) is 0 Å². The molecule has 0 spiro atoms. The Hall–Kier alpha value is -5.40. The molecule has 1 saturated heterocycles. The van der Waals surface area contributed by atoms with Crippen molar-refractivity contribution >= 4 is 104 Å². The average molecular weight is 811 g/mol. The van der Waals surface area contributed by atoms with Crippen molar-refractivity contribution in [2.45, 2.75) is 23.7 Å². The number of oxime groups is 2. The van der Waals surface area contributed by atoms with Gasteiger partial charge in [-0.2, -0.15) is 0 Å². The summed E-state index contributed by atoms with van der Waals surface area (Å²) in [6, 6.07) is -1.16. The summed E-state index contributed by atoms with van der Waals surface area (Å²) < 4.78 is 10.7. The number of nitrogens with zero attached hydrogens (tertiary/aromatic N) is 5. The van der Waals surface area contributed by atoms with Crippen LogP contribution in [0.25, 0.3) is 0 Å². The largest absolute Gasteiger partial charge is 0.476 e. The highest BCUT2D eigenvalue weighted by molar-refractivity contribution is 8.00. The third-order valence-corrected chi connectivity index (χ3v) is 11.0. The molecule has 0 saturated carbocycles. The maximum absolute atomic E-state index is 13.7. The van der Waals surface area contributed by atoms with Crippen molar-refractivity contribution in [1.29, 1.82) is 0 Å². The Labute approximate surface area is 315 Å². The smallest absolute Gasteiger partial charge is 0.359 e. The number of anilines is 2. The minimum atomic E-state index is -1.56. The van der Waals surface area contributed by atoms with E-state index in [2.05, 4.69) is 36.2 Å². The minimum absolute atomic E-state index is 0.0495. The SMILES string of the molecule is CO/N=C(\C(=O)NCC1NC(C(=O)OC2=C(C(=O)O)N3C(=O)[C@@H](NC(=O)/C(=N\OC)c4csc(N)n4)[C@H]3SC2)=C(COC(C)=O)CS1)c1csc(N)n1. The molecule has 0 radical (unpaired) electrons. The topological polar surface area (TPSA) is 301 Å². The fourth-order valence-electron chi connectivity index (χ4n) is 4.89. The Morgan fingerprint density at radius 2 is 1.62 bits per heavy atom. The van der Waals surface area contributed by atoms with Gasteiger partial charge in [0.05, 0.1) is 11.1 Å². The van der Waals surface area contributed by atoms with E-state index in [0.29, 0.717) is 5.57 Å². The Morgan fingerprint density at radius 3 is 2.17 bits per heavy atom. The minimum Gasteiger partial charge on any atom is -0.476 e. The van der Waals surface area contributed by atoms with Gasteiger partial charge in [-0.25, -0.2) is 19.6 Å². The van der Waals surface area contributed by atoms with Gasteiger partial charge in [0.25, 0.3) is 17.7 Å². The quantitative estimate of drug-likeness (QED) is 0.0577. The van der Waals surface area contributed by atoms with Gasteiger partial charge in [0, 0.05) is 35.6 Å². The average Bonchev–Trinajstić information content (AvgIpc) is 3.76. The number of β-lactam (4-membered cyclic amide) rings is 1. The van der Waals surface area contributed by atoms with E-state index in [9.17, 15) is 33.9 Å². The van der Waals surface area contributed by atoms with Crippen LogP contribution in [0.15, 0.2) is 43.8 Å². The van der Waals surface area contributed by atoms with Crippen molar-refractivity contribution in [2.24, 2.45) is 10.3 Å². The summed E-state index contributed by atoms with van der Waals surface area (Å²) in [4.78, 5) is 95.5. The number of fused-ring (bicyclic) bond motifs is 1. The van der Waals surface area contributed by atoms with Gasteiger partial charge in [-0.3, -0.25) is 24.1 Å². The monoisotopic (exact) mass is 810 g/mol. The number of carbonyl (C=O) groups is 6. The molecule has 2 aromatic rings. The van der Waals surface area contributed by atoms with Gasteiger partial charge in [0.2, 0.25) is 0 Å². The maximum Gasteiger partial charge on any atom is 0.359 e. The lowest BCUT2D eigenvalue weighted by Crippen LogP contribution is -2.71. The summed E-state index contributed by atoms with van der Waals surface area (Å²) in [5, 5.41) is 27.6. The van der Waals surface area contributed by atoms with Crippen LogP contribution >= 0.6 is 46.2 Å². The molecule has 3 aliphatic heterocycles. The third kappa shape index (κ3) is 8.81. The second-order valence-corrected chi connectivity index (χ2v) is 14.7. The van der Waals surface area contributed by atoms with Gasteiger partial charge in [0.15, 0.2) is 27.4 Å². The number of thioether (sulfide) groups is 2. The van der Waals surface area contributed by atoms with Crippen molar-refractivity contribution in [1.82, 2.24) is 30.8 Å². The lowest BCUT2D eigenvalue weighted by atomic mass is 10.0. The highest BCUT2D eigenvalue weighted by atomic mass is 32.2. The summed E-state index contributed by atoms with van der Waals surface area (Å²) in [6.45, 7) is 0.852. The maximum atomic E-state index is 13.7. The number of carbonyl (C=O) groups excluding carboxylic acids is 5. The molecule has 3 amide bonds. The van der Waals surface area contributed by atoms with Crippen LogP contribution < -0.4 is 27.4 Å². The Balaban J connectivity index is 1.30. The summed E-state index contributed by atoms with van der Waals surface area (Å²) in [7, 11) is 2.48. The van der Waals surface area contributed by atoms with Crippen LogP contribution in [0.4, 0.5) is 10.3 Å². The number of hydrogen-bond acceptors (Lipinski definition) is 21. The van der Waals surface area contributed by atoms with Crippen LogP contribution in [-0.4, -0.2) is 123 Å². The van der Waals surface area contributed by atoms with Crippen LogP contribution in [0, 0.1) is 0 Å². The van der Waals surface area contributed by atoms with E-state index >= 15 is 0 Å². The molecule has 8 N–H and O–H groups in total. The third-order valence-electron chi connectivity index (χ3n) is 7.18. The Kier molecular flexibility index (Phi) is 12.4. The van der Waals surface area contributed by atoms with Gasteiger partial charge in [-0.1, -0.05) is 10.3 Å². The first-order chi connectivity index (χ1) is 25.3. The molecule has 0 aliphatic carbocycles. The number of aliphatic carboxylic acids is 1.